The van der Waals surface area contributed by atoms with Gasteiger partial charge in [-0.1, -0.05) is 5.16 Å². The molecule has 4 heteroatoms. The van der Waals surface area contributed by atoms with E-state index in [1.165, 1.54) is 31.2 Å². The minimum absolute atomic E-state index is 0.233. The van der Waals surface area contributed by atoms with Crippen molar-refractivity contribution in [2.75, 3.05) is 13.2 Å². The Balaban J connectivity index is 1.72. The van der Waals surface area contributed by atoms with E-state index in [1.54, 1.807) is 0 Å². The maximum Gasteiger partial charge on any atom is 0.140 e. The molecule has 2 aliphatic rings. The first kappa shape index (κ1) is 11.2. The molecule has 4 nitrogen and oxygen atoms in total. The Morgan fingerprint density at radius 3 is 2.88 bits per heavy atom. The molecule has 0 radical (unpaired) electrons. The third-order valence-electron chi connectivity index (χ3n) is 3.83. The molecule has 1 N–H and O–H groups in total. The molecule has 0 saturated heterocycles. The van der Waals surface area contributed by atoms with Crippen LogP contribution in [0.3, 0.4) is 0 Å². The zero-order chi connectivity index (χ0) is 11.7. The predicted octanol–water partition coefficient (Wildman–Crippen LogP) is 1.51. The molecule has 94 valence electrons. The van der Waals surface area contributed by atoms with Crippen molar-refractivity contribution in [3.63, 3.8) is 0 Å². The zero-order valence-corrected chi connectivity index (χ0v) is 10.2. The number of aromatic nitrogens is 1. The van der Waals surface area contributed by atoms with Crippen LogP contribution in [0.15, 0.2) is 4.52 Å². The Morgan fingerprint density at radius 1 is 1.29 bits per heavy atom. The molecule has 0 unspecified atom stereocenters. The number of hydrogen-bond acceptors (Lipinski definition) is 4. The molecule has 1 fully saturated rings. The number of aryl methyl sites for hydroxylation is 1. The van der Waals surface area contributed by atoms with Crippen molar-refractivity contribution in [2.45, 2.75) is 51.1 Å². The van der Waals surface area contributed by atoms with E-state index in [2.05, 4.69) is 10.1 Å². The Morgan fingerprint density at radius 2 is 2.12 bits per heavy atom. The standard InChI is InChI=1S/C13H20N2O2/c16-8-7-15(10-5-6-10)9-12-11-3-1-2-4-13(11)17-14-12/h10,16H,1-9H2. The molecule has 3 rings (SSSR count). The van der Waals surface area contributed by atoms with Gasteiger partial charge < -0.3 is 9.63 Å². The summed E-state index contributed by atoms with van der Waals surface area (Å²) in [6.07, 6.45) is 7.17. The summed E-state index contributed by atoms with van der Waals surface area (Å²) in [5.41, 5.74) is 2.46. The van der Waals surface area contributed by atoms with Crippen molar-refractivity contribution in [2.24, 2.45) is 0 Å². The quantitative estimate of drug-likeness (QED) is 0.842. The minimum Gasteiger partial charge on any atom is -0.395 e. The van der Waals surface area contributed by atoms with Gasteiger partial charge in [-0.3, -0.25) is 4.90 Å². The van der Waals surface area contributed by atoms with E-state index in [0.717, 1.165) is 37.4 Å². The molecule has 17 heavy (non-hydrogen) atoms. The lowest BCUT2D eigenvalue weighted by atomic mass is 9.96. The van der Waals surface area contributed by atoms with Crippen LogP contribution in [0.1, 0.15) is 42.7 Å². The molecule has 1 heterocycles. The van der Waals surface area contributed by atoms with Crippen molar-refractivity contribution in [1.29, 1.82) is 0 Å². The average molecular weight is 236 g/mol. The highest BCUT2D eigenvalue weighted by Gasteiger charge is 2.30. The first-order chi connectivity index (χ1) is 8.38. The molecule has 0 atom stereocenters. The zero-order valence-electron chi connectivity index (χ0n) is 10.2. The fraction of sp³-hybridized carbons (Fsp3) is 0.769. The van der Waals surface area contributed by atoms with Crippen LogP contribution in [0.2, 0.25) is 0 Å². The van der Waals surface area contributed by atoms with Crippen LogP contribution >= 0.6 is 0 Å². The number of hydrogen-bond donors (Lipinski definition) is 1. The summed E-state index contributed by atoms with van der Waals surface area (Å²) in [7, 11) is 0. The Hall–Kier alpha value is -0.870. The van der Waals surface area contributed by atoms with Crippen molar-refractivity contribution in [3.8, 4) is 0 Å². The fourth-order valence-corrected chi connectivity index (χ4v) is 2.72. The predicted molar refractivity (Wildman–Crippen MR) is 63.7 cm³/mol. The van der Waals surface area contributed by atoms with Crippen LogP contribution in [0.5, 0.6) is 0 Å². The fourth-order valence-electron chi connectivity index (χ4n) is 2.72. The summed E-state index contributed by atoms with van der Waals surface area (Å²) < 4.78 is 5.43. The maximum atomic E-state index is 9.09. The molecule has 0 aliphatic heterocycles. The summed E-state index contributed by atoms with van der Waals surface area (Å²) in [4.78, 5) is 2.34. The van der Waals surface area contributed by atoms with E-state index in [4.69, 9.17) is 9.63 Å². The third kappa shape index (κ3) is 2.38. The lowest BCUT2D eigenvalue weighted by Gasteiger charge is -2.20. The normalized spacial score (nSPS) is 19.6. The molecule has 0 aromatic carbocycles. The molecular formula is C13H20N2O2. The summed E-state index contributed by atoms with van der Waals surface area (Å²) in [5, 5.41) is 13.3. The molecule has 0 bridgehead atoms. The van der Waals surface area contributed by atoms with Gasteiger partial charge in [-0.15, -0.1) is 0 Å². The van der Waals surface area contributed by atoms with Crippen molar-refractivity contribution in [1.82, 2.24) is 10.1 Å². The first-order valence-electron chi connectivity index (χ1n) is 6.69. The second-order valence-electron chi connectivity index (χ2n) is 5.16. The highest BCUT2D eigenvalue weighted by atomic mass is 16.5. The SMILES string of the molecule is OCCN(Cc1noc2c1CCCC2)C1CC1. The van der Waals surface area contributed by atoms with Gasteiger partial charge in [0, 0.05) is 31.1 Å². The van der Waals surface area contributed by atoms with Crippen LogP contribution in [0, 0.1) is 0 Å². The van der Waals surface area contributed by atoms with Crippen LogP contribution in [0.4, 0.5) is 0 Å². The van der Waals surface area contributed by atoms with Crippen LogP contribution in [0.25, 0.3) is 0 Å². The van der Waals surface area contributed by atoms with Gasteiger partial charge in [-0.2, -0.15) is 0 Å². The third-order valence-corrected chi connectivity index (χ3v) is 3.83. The molecule has 1 aromatic heterocycles. The van der Waals surface area contributed by atoms with Gasteiger partial charge in [0.05, 0.1) is 6.61 Å². The lowest BCUT2D eigenvalue weighted by Crippen LogP contribution is -2.29. The van der Waals surface area contributed by atoms with E-state index >= 15 is 0 Å². The van der Waals surface area contributed by atoms with Gasteiger partial charge in [0.2, 0.25) is 0 Å². The Labute approximate surface area is 102 Å². The number of fused-ring (bicyclic) bond motifs is 1. The number of nitrogens with zero attached hydrogens (tertiary/aromatic N) is 2. The van der Waals surface area contributed by atoms with Crippen molar-refractivity contribution >= 4 is 0 Å². The van der Waals surface area contributed by atoms with Crippen LogP contribution in [-0.2, 0) is 19.4 Å². The van der Waals surface area contributed by atoms with Gasteiger partial charge >= 0.3 is 0 Å². The van der Waals surface area contributed by atoms with Gasteiger partial charge in [-0.25, -0.2) is 0 Å². The summed E-state index contributed by atoms with van der Waals surface area (Å²) >= 11 is 0. The largest absolute Gasteiger partial charge is 0.395 e. The topological polar surface area (TPSA) is 49.5 Å². The Kier molecular flexibility index (Phi) is 3.16. The number of rotatable bonds is 5. The van der Waals surface area contributed by atoms with Crippen molar-refractivity contribution < 1.29 is 9.63 Å². The minimum atomic E-state index is 0.233. The lowest BCUT2D eigenvalue weighted by molar-refractivity contribution is 0.179. The molecule has 0 amide bonds. The summed E-state index contributed by atoms with van der Waals surface area (Å²) in [6, 6.07) is 0.665. The van der Waals surface area contributed by atoms with Crippen LogP contribution in [-0.4, -0.2) is 34.4 Å². The Bertz CT molecular complexity index is 385. The summed E-state index contributed by atoms with van der Waals surface area (Å²) in [5.74, 6) is 1.10. The van der Waals surface area contributed by atoms with E-state index in [1.807, 2.05) is 0 Å². The number of aliphatic hydroxyl groups is 1. The van der Waals surface area contributed by atoms with Gasteiger partial charge in [-0.05, 0) is 32.1 Å². The first-order valence-corrected chi connectivity index (χ1v) is 6.69. The molecule has 1 saturated carbocycles. The van der Waals surface area contributed by atoms with Gasteiger partial charge in [0.1, 0.15) is 11.5 Å². The van der Waals surface area contributed by atoms with Gasteiger partial charge in [0.25, 0.3) is 0 Å². The van der Waals surface area contributed by atoms with E-state index in [0.29, 0.717) is 6.04 Å². The van der Waals surface area contributed by atoms with Crippen molar-refractivity contribution in [3.05, 3.63) is 17.0 Å². The highest BCUT2D eigenvalue weighted by Crippen LogP contribution is 2.30. The molecule has 1 aromatic rings. The summed E-state index contributed by atoms with van der Waals surface area (Å²) in [6.45, 7) is 1.84. The maximum absolute atomic E-state index is 9.09. The highest BCUT2D eigenvalue weighted by molar-refractivity contribution is 5.25. The molecule has 0 spiro atoms. The molecular weight excluding hydrogens is 216 g/mol. The van der Waals surface area contributed by atoms with Crippen LogP contribution < -0.4 is 0 Å². The van der Waals surface area contributed by atoms with E-state index in [9.17, 15) is 0 Å². The van der Waals surface area contributed by atoms with E-state index in [-0.39, 0.29) is 6.61 Å². The van der Waals surface area contributed by atoms with E-state index < -0.39 is 0 Å². The van der Waals surface area contributed by atoms with Gasteiger partial charge in [0.15, 0.2) is 0 Å². The number of aliphatic hydroxyl groups excluding tert-OH is 1. The monoisotopic (exact) mass is 236 g/mol. The smallest absolute Gasteiger partial charge is 0.140 e. The second-order valence-corrected chi connectivity index (χ2v) is 5.16. The second kappa shape index (κ2) is 4.78. The average Bonchev–Trinajstić information content (AvgIpc) is 3.12. The molecule has 2 aliphatic carbocycles.